The quantitative estimate of drug-likeness (QED) is 0.330. The standard InChI is InChI=1S/C24H24BrN5O3/c1-12-15-4-5-30(22(15)28-11-27-12)19-9-24(21(32)20(19)31)8-18(26-10-24)14-3-2-13-6-16(25)23(33)29-17(13)7-14/h2-7,11,18-21,26,31-32H,8-10H2,1H3,(H,29,33). The van der Waals surface area contributed by atoms with Gasteiger partial charge in [-0.05, 0) is 64.8 Å². The summed E-state index contributed by atoms with van der Waals surface area (Å²) in [6.45, 7) is 2.55. The maximum atomic E-state index is 12.0. The van der Waals surface area contributed by atoms with Crippen molar-refractivity contribution in [3.63, 3.8) is 0 Å². The van der Waals surface area contributed by atoms with Gasteiger partial charge in [-0.25, -0.2) is 9.97 Å². The number of hydrogen-bond acceptors (Lipinski definition) is 6. The molecule has 4 N–H and O–H groups in total. The number of aryl methyl sites for hydroxylation is 1. The molecular weight excluding hydrogens is 486 g/mol. The fourth-order valence-corrected chi connectivity index (χ4v) is 6.11. The zero-order valence-corrected chi connectivity index (χ0v) is 19.6. The Balaban J connectivity index is 1.31. The van der Waals surface area contributed by atoms with Crippen molar-refractivity contribution in [2.75, 3.05) is 6.54 Å². The van der Waals surface area contributed by atoms with Gasteiger partial charge in [-0.1, -0.05) is 12.1 Å². The van der Waals surface area contributed by atoms with Gasteiger partial charge in [0.15, 0.2) is 0 Å². The van der Waals surface area contributed by atoms with Crippen LogP contribution in [0.5, 0.6) is 0 Å². The average molecular weight is 510 g/mol. The second kappa shape index (κ2) is 7.46. The molecule has 3 aromatic heterocycles. The third-order valence-corrected chi connectivity index (χ3v) is 8.15. The Morgan fingerprint density at radius 3 is 2.88 bits per heavy atom. The lowest BCUT2D eigenvalue weighted by molar-refractivity contribution is -0.0218. The van der Waals surface area contributed by atoms with E-state index in [9.17, 15) is 15.0 Å². The van der Waals surface area contributed by atoms with Gasteiger partial charge in [0.2, 0.25) is 0 Å². The molecule has 5 atom stereocenters. The lowest BCUT2D eigenvalue weighted by atomic mass is 9.80. The molecule has 0 radical (unpaired) electrons. The molecule has 6 rings (SSSR count). The van der Waals surface area contributed by atoms with Crippen LogP contribution in [-0.4, -0.2) is 48.5 Å². The summed E-state index contributed by atoms with van der Waals surface area (Å²) in [6.07, 6.45) is 3.07. The van der Waals surface area contributed by atoms with Gasteiger partial charge in [-0.3, -0.25) is 4.79 Å². The number of aliphatic hydroxyl groups excluding tert-OH is 2. The molecule has 4 aromatic rings. The number of rotatable bonds is 2. The Labute approximate surface area is 197 Å². The number of nitrogens with zero attached hydrogens (tertiary/aromatic N) is 3. The molecule has 4 heterocycles. The third kappa shape index (κ3) is 3.18. The molecule has 33 heavy (non-hydrogen) atoms. The van der Waals surface area contributed by atoms with Crippen molar-refractivity contribution in [2.24, 2.45) is 5.41 Å². The Hall–Kier alpha value is -2.59. The zero-order chi connectivity index (χ0) is 22.9. The van der Waals surface area contributed by atoms with E-state index < -0.39 is 17.6 Å². The monoisotopic (exact) mass is 509 g/mol. The molecule has 0 bridgehead atoms. The number of halogens is 1. The Morgan fingerprint density at radius 1 is 1.18 bits per heavy atom. The fourth-order valence-electron chi connectivity index (χ4n) is 5.76. The maximum Gasteiger partial charge on any atom is 0.262 e. The third-order valence-electron chi connectivity index (χ3n) is 7.56. The van der Waals surface area contributed by atoms with E-state index in [0.717, 1.165) is 33.2 Å². The molecule has 1 aliphatic carbocycles. The molecule has 0 amide bonds. The minimum absolute atomic E-state index is 0.0214. The van der Waals surface area contributed by atoms with Crippen LogP contribution in [0.4, 0.5) is 0 Å². The Bertz CT molecular complexity index is 1450. The van der Waals surface area contributed by atoms with Crippen molar-refractivity contribution in [1.29, 1.82) is 0 Å². The summed E-state index contributed by atoms with van der Waals surface area (Å²) in [4.78, 5) is 23.6. The summed E-state index contributed by atoms with van der Waals surface area (Å²) in [5, 5.41) is 27.7. The summed E-state index contributed by atoms with van der Waals surface area (Å²) in [6, 6.07) is 9.58. The van der Waals surface area contributed by atoms with Crippen LogP contribution in [0.25, 0.3) is 21.9 Å². The lowest BCUT2D eigenvalue weighted by Gasteiger charge is -2.27. The van der Waals surface area contributed by atoms with Crippen LogP contribution in [0.2, 0.25) is 0 Å². The molecule has 1 saturated heterocycles. The van der Waals surface area contributed by atoms with Crippen LogP contribution < -0.4 is 10.9 Å². The summed E-state index contributed by atoms with van der Waals surface area (Å²) < 4.78 is 2.49. The van der Waals surface area contributed by atoms with Gasteiger partial charge < -0.3 is 25.1 Å². The zero-order valence-electron chi connectivity index (χ0n) is 18.0. The molecule has 8 nitrogen and oxygen atoms in total. The molecule has 170 valence electrons. The van der Waals surface area contributed by atoms with Gasteiger partial charge in [0.1, 0.15) is 18.1 Å². The number of aliphatic hydroxyl groups is 2. The highest BCUT2D eigenvalue weighted by Crippen LogP contribution is 2.52. The molecule has 5 unspecified atom stereocenters. The SMILES string of the molecule is Cc1ncnc2c1ccn2C1CC2(CNC(c3ccc4cc(Br)c(=O)[nH]c4c3)C2)C(O)C1O. The van der Waals surface area contributed by atoms with Crippen LogP contribution in [0.15, 0.2) is 52.1 Å². The highest BCUT2D eigenvalue weighted by molar-refractivity contribution is 9.10. The van der Waals surface area contributed by atoms with Crippen molar-refractivity contribution in [1.82, 2.24) is 24.8 Å². The maximum absolute atomic E-state index is 12.0. The summed E-state index contributed by atoms with van der Waals surface area (Å²) >= 11 is 3.28. The predicted molar refractivity (Wildman–Crippen MR) is 128 cm³/mol. The smallest absolute Gasteiger partial charge is 0.262 e. The number of aromatic amines is 1. The Morgan fingerprint density at radius 2 is 2.03 bits per heavy atom. The van der Waals surface area contributed by atoms with Crippen LogP contribution in [-0.2, 0) is 0 Å². The lowest BCUT2D eigenvalue weighted by Crippen LogP contribution is -2.38. The molecule has 1 aliphatic heterocycles. The topological polar surface area (TPSA) is 116 Å². The van der Waals surface area contributed by atoms with Crippen LogP contribution in [0.3, 0.4) is 0 Å². The number of benzene rings is 1. The first-order chi connectivity index (χ1) is 15.9. The summed E-state index contributed by atoms with van der Waals surface area (Å²) in [7, 11) is 0. The van der Waals surface area contributed by atoms with Gasteiger partial charge in [0, 0.05) is 35.1 Å². The van der Waals surface area contributed by atoms with E-state index in [2.05, 4.69) is 42.3 Å². The number of hydrogen-bond donors (Lipinski definition) is 4. The minimum atomic E-state index is -0.887. The van der Waals surface area contributed by atoms with E-state index >= 15 is 0 Å². The van der Waals surface area contributed by atoms with E-state index in [0.29, 0.717) is 23.9 Å². The number of pyridine rings is 1. The number of aromatic nitrogens is 4. The van der Waals surface area contributed by atoms with E-state index in [4.69, 9.17) is 0 Å². The van der Waals surface area contributed by atoms with Crippen molar-refractivity contribution >= 4 is 37.9 Å². The summed E-state index contributed by atoms with van der Waals surface area (Å²) in [5.74, 6) is 0. The second-order valence-corrected chi connectivity index (χ2v) is 10.3. The summed E-state index contributed by atoms with van der Waals surface area (Å²) in [5.41, 5.74) is 2.90. The van der Waals surface area contributed by atoms with Gasteiger partial charge in [0.25, 0.3) is 5.56 Å². The molecule has 2 aliphatic rings. The molecule has 2 fully saturated rings. The first-order valence-corrected chi connectivity index (χ1v) is 11.9. The normalized spacial score (nSPS) is 29.6. The van der Waals surface area contributed by atoms with Crippen LogP contribution in [0, 0.1) is 12.3 Å². The van der Waals surface area contributed by atoms with Gasteiger partial charge in [-0.15, -0.1) is 0 Å². The molecule has 1 saturated carbocycles. The molecule has 9 heteroatoms. The van der Waals surface area contributed by atoms with E-state index in [1.807, 2.05) is 42.0 Å². The van der Waals surface area contributed by atoms with E-state index in [1.165, 1.54) is 6.33 Å². The highest BCUT2D eigenvalue weighted by atomic mass is 79.9. The largest absolute Gasteiger partial charge is 0.390 e. The average Bonchev–Trinajstić information content (AvgIpc) is 3.48. The molecule has 1 spiro atoms. The van der Waals surface area contributed by atoms with Crippen molar-refractivity contribution in [3.8, 4) is 0 Å². The van der Waals surface area contributed by atoms with E-state index in [1.54, 1.807) is 0 Å². The highest BCUT2D eigenvalue weighted by Gasteiger charge is 2.56. The van der Waals surface area contributed by atoms with Gasteiger partial charge in [0.05, 0.1) is 22.3 Å². The minimum Gasteiger partial charge on any atom is -0.390 e. The fraction of sp³-hybridized carbons (Fsp3) is 0.375. The molecular formula is C24H24BrN5O3. The first kappa shape index (κ1) is 21.0. The van der Waals surface area contributed by atoms with Crippen molar-refractivity contribution < 1.29 is 10.2 Å². The second-order valence-electron chi connectivity index (χ2n) is 9.42. The predicted octanol–water partition coefficient (Wildman–Crippen LogP) is 2.73. The van der Waals surface area contributed by atoms with Crippen molar-refractivity contribution in [2.45, 2.75) is 44.1 Å². The van der Waals surface area contributed by atoms with Gasteiger partial charge in [-0.2, -0.15) is 0 Å². The van der Waals surface area contributed by atoms with Crippen LogP contribution >= 0.6 is 15.9 Å². The number of fused-ring (bicyclic) bond motifs is 2. The van der Waals surface area contributed by atoms with E-state index in [-0.39, 0.29) is 17.6 Å². The number of nitrogens with one attached hydrogen (secondary N) is 2. The first-order valence-electron chi connectivity index (χ1n) is 11.1. The number of H-pyrrole nitrogens is 1. The van der Waals surface area contributed by atoms with Crippen molar-refractivity contribution in [3.05, 3.63) is 68.9 Å². The Kier molecular flexibility index (Phi) is 4.74. The van der Waals surface area contributed by atoms with Gasteiger partial charge >= 0.3 is 0 Å². The molecule has 1 aromatic carbocycles. The van der Waals surface area contributed by atoms with Crippen LogP contribution in [0.1, 0.15) is 36.2 Å².